The molecule has 3 rings (SSSR count). The number of benzene rings is 2. The molecule has 0 aliphatic carbocycles. The molecule has 1 aliphatic rings. The lowest BCUT2D eigenvalue weighted by molar-refractivity contribution is 0.0990. The van der Waals surface area contributed by atoms with E-state index in [1.807, 2.05) is 0 Å². The number of carbonyl (C=O) groups excluding carboxylic acids is 1. The van der Waals surface area contributed by atoms with Crippen molar-refractivity contribution in [2.45, 2.75) is 50.8 Å². The predicted octanol–water partition coefficient (Wildman–Crippen LogP) is 4.28. The Labute approximate surface area is 203 Å². The van der Waals surface area contributed by atoms with Crippen molar-refractivity contribution in [1.29, 1.82) is 0 Å². The molecule has 34 heavy (non-hydrogen) atoms. The van der Waals surface area contributed by atoms with Crippen LogP contribution < -0.4 is 9.21 Å². The van der Waals surface area contributed by atoms with Crippen molar-refractivity contribution in [3.05, 3.63) is 53.6 Å². The number of sulfone groups is 1. The van der Waals surface area contributed by atoms with Gasteiger partial charge in [-0.1, -0.05) is 45.2 Å². The minimum Gasteiger partial charge on any atom is -0.308 e. The second kappa shape index (κ2) is 10.5. The van der Waals surface area contributed by atoms with Gasteiger partial charge in [-0.25, -0.2) is 16.8 Å². The Bertz CT molecular complexity index is 1250. The molecule has 0 bridgehead atoms. The second-order valence-electron chi connectivity index (χ2n) is 9.31. The molecule has 0 radical (unpaired) electrons. The highest BCUT2D eigenvalue weighted by molar-refractivity contribution is 7.92. The Morgan fingerprint density at radius 2 is 1.74 bits per heavy atom. The van der Waals surface area contributed by atoms with Gasteiger partial charge in [-0.2, -0.15) is 0 Å². The number of fused-ring (bicyclic) bond motifs is 1. The third-order valence-corrected chi connectivity index (χ3v) is 9.21. The smallest absolute Gasteiger partial charge is 0.260 e. The van der Waals surface area contributed by atoms with Gasteiger partial charge in [0.25, 0.3) is 5.91 Å². The van der Waals surface area contributed by atoms with Gasteiger partial charge in [-0.05, 0) is 54.7 Å². The zero-order valence-electron chi connectivity index (χ0n) is 20.3. The lowest BCUT2D eigenvalue weighted by Gasteiger charge is -2.23. The summed E-state index contributed by atoms with van der Waals surface area (Å²) in [5.74, 6) is 0.431. The van der Waals surface area contributed by atoms with Crippen molar-refractivity contribution >= 4 is 37.1 Å². The lowest BCUT2D eigenvalue weighted by atomic mass is 10.1. The van der Waals surface area contributed by atoms with Crippen molar-refractivity contribution in [1.82, 2.24) is 0 Å². The highest BCUT2D eigenvalue weighted by atomic mass is 32.2. The summed E-state index contributed by atoms with van der Waals surface area (Å²) in [7, 11) is -5.51. The molecule has 0 unspecified atom stereocenters. The molecule has 2 aromatic rings. The van der Waals surface area contributed by atoms with Gasteiger partial charge < -0.3 is 4.90 Å². The minimum absolute atomic E-state index is 0.123. The van der Waals surface area contributed by atoms with Crippen LogP contribution in [0.4, 0.5) is 11.4 Å². The van der Waals surface area contributed by atoms with Crippen molar-refractivity contribution in [3.63, 3.8) is 0 Å². The summed E-state index contributed by atoms with van der Waals surface area (Å²) in [5, 5.41) is 0. The maximum Gasteiger partial charge on any atom is 0.260 e. The molecule has 0 atom stereocenters. The molecule has 0 fully saturated rings. The van der Waals surface area contributed by atoms with Crippen LogP contribution in [0.15, 0.2) is 47.4 Å². The van der Waals surface area contributed by atoms with E-state index in [0.29, 0.717) is 41.6 Å². The molecule has 7 nitrogen and oxygen atoms in total. The van der Waals surface area contributed by atoms with E-state index >= 15 is 0 Å². The van der Waals surface area contributed by atoms with E-state index < -0.39 is 19.9 Å². The molecule has 9 heteroatoms. The van der Waals surface area contributed by atoms with E-state index in [4.69, 9.17) is 0 Å². The molecule has 0 N–H and O–H groups in total. The zero-order chi connectivity index (χ0) is 25.1. The molecule has 2 aromatic carbocycles. The van der Waals surface area contributed by atoms with Gasteiger partial charge in [-0.15, -0.1) is 0 Å². The van der Waals surface area contributed by atoms with Crippen LogP contribution in [0.3, 0.4) is 0 Å². The topological polar surface area (TPSA) is 91.8 Å². The molecule has 1 heterocycles. The number of anilines is 2. The maximum absolute atomic E-state index is 13.4. The molecule has 0 saturated carbocycles. The standard InChI is InChI=1S/C25H34N2O5S2/c1-19(2)10-6-5-9-17-34(31,32)21-13-14-23-20(18-21)15-16-27(23)25(28)22-11-7-8-12-24(22)26(3)33(4,29)30/h7-8,11-14,18-19H,5-6,9-10,15-17H2,1-4H3. The fraction of sp³-hybridized carbons (Fsp3) is 0.480. The Balaban J connectivity index is 1.78. The zero-order valence-corrected chi connectivity index (χ0v) is 22.0. The lowest BCUT2D eigenvalue weighted by Crippen LogP contribution is -2.32. The fourth-order valence-electron chi connectivity index (χ4n) is 4.17. The average molecular weight is 507 g/mol. The minimum atomic E-state index is -3.54. The van der Waals surface area contributed by atoms with E-state index in [1.54, 1.807) is 47.4 Å². The third kappa shape index (κ3) is 5.99. The number of sulfonamides is 1. The first kappa shape index (κ1) is 26.2. The summed E-state index contributed by atoms with van der Waals surface area (Å²) >= 11 is 0. The highest BCUT2D eigenvalue weighted by Crippen LogP contribution is 2.33. The van der Waals surface area contributed by atoms with Gasteiger partial charge in [0.15, 0.2) is 9.84 Å². The molecule has 0 aromatic heterocycles. The number of unbranched alkanes of at least 4 members (excludes halogenated alkanes) is 2. The summed E-state index contributed by atoms with van der Waals surface area (Å²) in [6.07, 6.45) is 5.30. The molecule has 186 valence electrons. The van der Waals surface area contributed by atoms with Gasteiger partial charge in [0, 0.05) is 19.3 Å². The van der Waals surface area contributed by atoms with Gasteiger partial charge in [-0.3, -0.25) is 9.10 Å². The van der Waals surface area contributed by atoms with E-state index in [0.717, 1.165) is 35.4 Å². The van der Waals surface area contributed by atoms with Gasteiger partial charge in [0.1, 0.15) is 0 Å². The Morgan fingerprint density at radius 1 is 1.03 bits per heavy atom. The Hall–Kier alpha value is -2.39. The first-order chi connectivity index (χ1) is 15.9. The first-order valence-electron chi connectivity index (χ1n) is 11.6. The van der Waals surface area contributed by atoms with Crippen LogP contribution in [-0.4, -0.2) is 48.3 Å². The average Bonchev–Trinajstić information content (AvgIpc) is 3.20. The first-order valence-corrected chi connectivity index (χ1v) is 15.1. The van der Waals surface area contributed by atoms with E-state index in [2.05, 4.69) is 13.8 Å². The summed E-state index contributed by atoms with van der Waals surface area (Å²) in [6, 6.07) is 11.5. The quantitative estimate of drug-likeness (QED) is 0.449. The van der Waals surface area contributed by atoms with E-state index in [-0.39, 0.29) is 17.2 Å². The number of amides is 1. The van der Waals surface area contributed by atoms with E-state index in [1.165, 1.54) is 7.05 Å². The van der Waals surface area contributed by atoms with Crippen LogP contribution in [0, 0.1) is 5.92 Å². The van der Waals surface area contributed by atoms with Crippen LogP contribution in [0.2, 0.25) is 0 Å². The SMILES string of the molecule is CC(C)CCCCCS(=O)(=O)c1ccc2c(c1)CCN2C(=O)c1ccccc1N(C)S(C)(=O)=O. The molecule has 1 aliphatic heterocycles. The highest BCUT2D eigenvalue weighted by Gasteiger charge is 2.30. The number of hydrogen-bond donors (Lipinski definition) is 0. The summed E-state index contributed by atoms with van der Waals surface area (Å²) in [4.78, 5) is 15.3. The van der Waals surface area contributed by atoms with Gasteiger partial charge >= 0.3 is 0 Å². The second-order valence-corrected chi connectivity index (χ2v) is 13.4. The van der Waals surface area contributed by atoms with Crippen LogP contribution >= 0.6 is 0 Å². The largest absolute Gasteiger partial charge is 0.308 e. The van der Waals surface area contributed by atoms with Crippen LogP contribution in [-0.2, 0) is 26.3 Å². The predicted molar refractivity (Wildman–Crippen MR) is 137 cm³/mol. The van der Waals surface area contributed by atoms with Crippen molar-refractivity contribution in [2.24, 2.45) is 5.92 Å². The molecule has 1 amide bonds. The van der Waals surface area contributed by atoms with Crippen LogP contribution in [0.1, 0.15) is 55.5 Å². The Kier molecular flexibility index (Phi) is 8.08. The number of para-hydroxylation sites is 1. The monoisotopic (exact) mass is 506 g/mol. The van der Waals surface area contributed by atoms with Crippen molar-refractivity contribution < 1.29 is 21.6 Å². The number of nitrogens with zero attached hydrogens (tertiary/aromatic N) is 2. The molecule has 0 spiro atoms. The van der Waals surface area contributed by atoms with Crippen LogP contribution in [0.25, 0.3) is 0 Å². The normalized spacial score (nSPS) is 13.9. The van der Waals surface area contributed by atoms with Gasteiger partial charge in [0.05, 0.1) is 28.2 Å². The van der Waals surface area contributed by atoms with Crippen molar-refractivity contribution in [3.8, 4) is 0 Å². The number of rotatable bonds is 10. The van der Waals surface area contributed by atoms with Crippen molar-refractivity contribution in [2.75, 3.05) is 34.8 Å². The molecular formula is C25H34N2O5S2. The fourth-order valence-corrected chi connectivity index (χ4v) is 6.11. The molecule has 0 saturated heterocycles. The van der Waals surface area contributed by atoms with Crippen LogP contribution in [0.5, 0.6) is 0 Å². The summed E-state index contributed by atoms with van der Waals surface area (Å²) < 4.78 is 50.9. The number of hydrogen-bond acceptors (Lipinski definition) is 5. The van der Waals surface area contributed by atoms with Gasteiger partial charge in [0.2, 0.25) is 10.0 Å². The summed E-state index contributed by atoms with van der Waals surface area (Å²) in [5.41, 5.74) is 2.06. The number of carbonyl (C=O) groups is 1. The summed E-state index contributed by atoms with van der Waals surface area (Å²) in [6.45, 7) is 4.74. The molecular weight excluding hydrogens is 472 g/mol. The maximum atomic E-state index is 13.4. The van der Waals surface area contributed by atoms with E-state index in [9.17, 15) is 21.6 Å². The third-order valence-electron chi connectivity index (χ3n) is 6.22. The Morgan fingerprint density at radius 3 is 2.41 bits per heavy atom.